The summed E-state index contributed by atoms with van der Waals surface area (Å²) < 4.78 is 0. The highest BCUT2D eigenvalue weighted by molar-refractivity contribution is 5.34. The molecule has 2 aromatic carbocycles. The lowest BCUT2D eigenvalue weighted by molar-refractivity contribution is -0.384. The number of aromatic hydroxyl groups is 1. The predicted molar refractivity (Wildman–Crippen MR) is 68.6 cm³/mol. The average Bonchev–Trinajstić information content (AvgIpc) is 2.37. The SMILES string of the molecule is O=[N+]([O-])c1ccc(CCc2cccc(O)c2)cc1. The van der Waals surface area contributed by atoms with Crippen LogP contribution in [0.25, 0.3) is 0 Å². The summed E-state index contributed by atoms with van der Waals surface area (Å²) in [4.78, 5) is 10.1. The molecule has 0 saturated heterocycles. The normalized spacial score (nSPS) is 10.2. The number of hydrogen-bond acceptors (Lipinski definition) is 3. The van der Waals surface area contributed by atoms with E-state index in [1.807, 2.05) is 6.07 Å². The summed E-state index contributed by atoms with van der Waals surface area (Å²) in [7, 11) is 0. The standard InChI is InChI=1S/C14H13NO3/c16-14-3-1-2-12(10-14)5-4-11-6-8-13(9-7-11)15(17)18/h1-3,6-10,16H,4-5H2. The summed E-state index contributed by atoms with van der Waals surface area (Å²) in [6, 6.07) is 13.7. The van der Waals surface area contributed by atoms with E-state index in [0.717, 1.165) is 24.0 Å². The maximum Gasteiger partial charge on any atom is 0.269 e. The van der Waals surface area contributed by atoms with Crippen LogP contribution < -0.4 is 0 Å². The van der Waals surface area contributed by atoms with Crippen LogP contribution in [-0.2, 0) is 12.8 Å². The Hall–Kier alpha value is -2.36. The summed E-state index contributed by atoms with van der Waals surface area (Å²) in [6.45, 7) is 0. The van der Waals surface area contributed by atoms with Gasteiger partial charge in [0.25, 0.3) is 5.69 Å². The lowest BCUT2D eigenvalue weighted by Crippen LogP contribution is -1.92. The van der Waals surface area contributed by atoms with Crippen molar-refractivity contribution >= 4 is 5.69 Å². The molecule has 2 aromatic rings. The minimum absolute atomic E-state index is 0.108. The molecule has 0 amide bonds. The lowest BCUT2D eigenvalue weighted by Gasteiger charge is -2.02. The molecule has 0 fully saturated rings. The van der Waals surface area contributed by atoms with E-state index in [9.17, 15) is 15.2 Å². The first-order valence-corrected chi connectivity index (χ1v) is 5.66. The highest BCUT2D eigenvalue weighted by atomic mass is 16.6. The van der Waals surface area contributed by atoms with Crippen molar-refractivity contribution in [2.75, 3.05) is 0 Å². The highest BCUT2D eigenvalue weighted by Gasteiger charge is 2.04. The van der Waals surface area contributed by atoms with E-state index in [0.29, 0.717) is 0 Å². The number of benzene rings is 2. The van der Waals surface area contributed by atoms with Crippen molar-refractivity contribution in [3.63, 3.8) is 0 Å². The maximum atomic E-state index is 10.5. The lowest BCUT2D eigenvalue weighted by atomic mass is 10.0. The van der Waals surface area contributed by atoms with Crippen molar-refractivity contribution in [2.24, 2.45) is 0 Å². The zero-order valence-electron chi connectivity index (χ0n) is 9.74. The van der Waals surface area contributed by atoms with Gasteiger partial charge in [0, 0.05) is 12.1 Å². The molecular weight excluding hydrogens is 230 g/mol. The Bertz CT molecular complexity index is 549. The first-order chi connectivity index (χ1) is 8.65. The number of hydrogen-bond donors (Lipinski definition) is 1. The third kappa shape index (κ3) is 3.07. The quantitative estimate of drug-likeness (QED) is 0.663. The van der Waals surface area contributed by atoms with Gasteiger partial charge in [-0.15, -0.1) is 0 Å². The van der Waals surface area contributed by atoms with Crippen molar-refractivity contribution < 1.29 is 10.0 Å². The second-order valence-electron chi connectivity index (χ2n) is 4.09. The molecule has 1 N–H and O–H groups in total. The Kier molecular flexibility index (Phi) is 3.57. The largest absolute Gasteiger partial charge is 0.508 e. The van der Waals surface area contributed by atoms with Crippen molar-refractivity contribution in [2.45, 2.75) is 12.8 Å². The summed E-state index contributed by atoms with van der Waals surface area (Å²) in [6.07, 6.45) is 1.59. The van der Waals surface area contributed by atoms with Crippen LogP contribution in [0.2, 0.25) is 0 Å². The van der Waals surface area contributed by atoms with Gasteiger partial charge in [0.2, 0.25) is 0 Å². The van der Waals surface area contributed by atoms with Crippen LogP contribution in [0.1, 0.15) is 11.1 Å². The third-order valence-electron chi connectivity index (χ3n) is 2.76. The topological polar surface area (TPSA) is 63.4 Å². The van der Waals surface area contributed by atoms with Crippen LogP contribution in [0.5, 0.6) is 5.75 Å². The fourth-order valence-corrected chi connectivity index (χ4v) is 1.78. The van der Waals surface area contributed by atoms with Crippen LogP contribution in [0.3, 0.4) is 0 Å². The van der Waals surface area contributed by atoms with Crippen LogP contribution in [-0.4, -0.2) is 10.0 Å². The van der Waals surface area contributed by atoms with Gasteiger partial charge in [-0.1, -0.05) is 24.3 Å². The van der Waals surface area contributed by atoms with Gasteiger partial charge in [-0.2, -0.15) is 0 Å². The van der Waals surface area contributed by atoms with Gasteiger partial charge in [0.05, 0.1) is 4.92 Å². The molecule has 0 aliphatic carbocycles. The molecule has 0 unspecified atom stereocenters. The van der Waals surface area contributed by atoms with Crippen LogP contribution in [0, 0.1) is 10.1 Å². The minimum Gasteiger partial charge on any atom is -0.508 e. The zero-order chi connectivity index (χ0) is 13.0. The molecular formula is C14H13NO3. The van der Waals surface area contributed by atoms with E-state index in [1.165, 1.54) is 12.1 Å². The summed E-state index contributed by atoms with van der Waals surface area (Å²) in [5.74, 6) is 0.260. The fourth-order valence-electron chi connectivity index (χ4n) is 1.78. The number of rotatable bonds is 4. The second kappa shape index (κ2) is 5.31. The fraction of sp³-hybridized carbons (Fsp3) is 0.143. The van der Waals surface area contributed by atoms with Gasteiger partial charge in [-0.25, -0.2) is 0 Å². The van der Waals surface area contributed by atoms with E-state index in [-0.39, 0.29) is 11.4 Å². The molecule has 0 aliphatic heterocycles. The number of phenols is 1. The highest BCUT2D eigenvalue weighted by Crippen LogP contribution is 2.16. The van der Waals surface area contributed by atoms with Gasteiger partial charge in [-0.05, 0) is 36.1 Å². The van der Waals surface area contributed by atoms with Crippen molar-refractivity contribution in [1.82, 2.24) is 0 Å². The Labute approximate surface area is 105 Å². The summed E-state index contributed by atoms with van der Waals surface area (Å²) >= 11 is 0. The van der Waals surface area contributed by atoms with Gasteiger partial charge in [0.15, 0.2) is 0 Å². The molecule has 2 rings (SSSR count). The van der Waals surface area contributed by atoms with Crippen LogP contribution in [0.15, 0.2) is 48.5 Å². The van der Waals surface area contributed by atoms with Gasteiger partial charge in [-0.3, -0.25) is 10.1 Å². The van der Waals surface area contributed by atoms with E-state index in [1.54, 1.807) is 30.3 Å². The smallest absolute Gasteiger partial charge is 0.269 e. The number of nitro groups is 1. The molecule has 0 aromatic heterocycles. The van der Waals surface area contributed by atoms with E-state index in [4.69, 9.17) is 0 Å². The van der Waals surface area contributed by atoms with E-state index < -0.39 is 4.92 Å². The van der Waals surface area contributed by atoms with Gasteiger partial charge >= 0.3 is 0 Å². The zero-order valence-corrected chi connectivity index (χ0v) is 9.74. The molecule has 18 heavy (non-hydrogen) atoms. The molecule has 0 saturated carbocycles. The summed E-state index contributed by atoms with van der Waals surface area (Å²) in [5.41, 5.74) is 2.20. The van der Waals surface area contributed by atoms with E-state index >= 15 is 0 Å². The maximum absolute atomic E-state index is 10.5. The van der Waals surface area contributed by atoms with Gasteiger partial charge in [0.1, 0.15) is 5.75 Å². The molecule has 0 bridgehead atoms. The number of non-ortho nitro benzene ring substituents is 1. The minimum atomic E-state index is -0.404. The average molecular weight is 243 g/mol. The Morgan fingerprint density at radius 3 is 2.28 bits per heavy atom. The molecule has 92 valence electrons. The first kappa shape index (κ1) is 12.1. The van der Waals surface area contributed by atoms with E-state index in [2.05, 4.69) is 0 Å². The van der Waals surface area contributed by atoms with Crippen LogP contribution >= 0.6 is 0 Å². The Morgan fingerprint density at radius 1 is 1.00 bits per heavy atom. The van der Waals surface area contributed by atoms with Gasteiger partial charge < -0.3 is 5.11 Å². The third-order valence-corrected chi connectivity index (χ3v) is 2.76. The molecule has 0 spiro atoms. The molecule has 0 heterocycles. The molecule has 0 atom stereocenters. The van der Waals surface area contributed by atoms with Crippen LogP contribution in [0.4, 0.5) is 5.69 Å². The Morgan fingerprint density at radius 2 is 1.67 bits per heavy atom. The number of nitrogens with zero attached hydrogens (tertiary/aromatic N) is 1. The number of phenolic OH excluding ortho intramolecular Hbond substituents is 1. The van der Waals surface area contributed by atoms with Crippen molar-refractivity contribution in [3.8, 4) is 5.75 Å². The molecule has 0 aliphatic rings. The number of nitro benzene ring substituents is 1. The Balaban J connectivity index is 2.00. The van der Waals surface area contributed by atoms with Crippen molar-refractivity contribution in [3.05, 3.63) is 69.8 Å². The monoisotopic (exact) mass is 243 g/mol. The summed E-state index contributed by atoms with van der Waals surface area (Å²) in [5, 5.41) is 19.8. The molecule has 0 radical (unpaired) electrons. The molecule has 4 nitrogen and oxygen atoms in total. The second-order valence-corrected chi connectivity index (χ2v) is 4.09. The molecule has 4 heteroatoms. The first-order valence-electron chi connectivity index (χ1n) is 5.66. The van der Waals surface area contributed by atoms with Crippen molar-refractivity contribution in [1.29, 1.82) is 0 Å². The number of aryl methyl sites for hydroxylation is 2. The predicted octanol–water partition coefficient (Wildman–Crippen LogP) is 3.09.